The van der Waals surface area contributed by atoms with Crippen molar-refractivity contribution in [3.8, 4) is 11.3 Å². The molecule has 5 nitrogen and oxygen atoms in total. The van der Waals surface area contributed by atoms with Gasteiger partial charge in [-0.2, -0.15) is 0 Å². The van der Waals surface area contributed by atoms with Gasteiger partial charge in [-0.1, -0.05) is 48.5 Å². The Hall–Kier alpha value is -3.42. The lowest BCUT2D eigenvalue weighted by molar-refractivity contribution is -0.115. The van der Waals surface area contributed by atoms with E-state index in [0.717, 1.165) is 21.7 Å². The molecule has 33 heavy (non-hydrogen) atoms. The van der Waals surface area contributed by atoms with E-state index in [-0.39, 0.29) is 17.1 Å². The number of aryl methyl sites for hydroxylation is 1. The van der Waals surface area contributed by atoms with E-state index in [0.29, 0.717) is 16.4 Å². The summed E-state index contributed by atoms with van der Waals surface area (Å²) in [6, 6.07) is 24.8. The third-order valence-corrected chi connectivity index (χ3v) is 6.86. The molecule has 0 aliphatic rings. The summed E-state index contributed by atoms with van der Waals surface area (Å²) in [6.07, 6.45) is 0. The average Bonchev–Trinajstić information content (AvgIpc) is 3.29. The molecule has 0 aliphatic carbocycles. The number of anilines is 2. The van der Waals surface area contributed by atoms with Crippen LogP contribution in [0.25, 0.3) is 11.3 Å². The molecule has 1 atom stereocenters. The summed E-state index contributed by atoms with van der Waals surface area (Å²) >= 11 is 2.86. The maximum absolute atomic E-state index is 12.6. The fraction of sp³-hybridized carbons (Fsp3) is 0.115. The molecule has 0 aliphatic heterocycles. The van der Waals surface area contributed by atoms with Crippen LogP contribution in [0.15, 0.2) is 89.1 Å². The van der Waals surface area contributed by atoms with Gasteiger partial charge in [0, 0.05) is 27.1 Å². The van der Waals surface area contributed by atoms with Crippen molar-refractivity contribution >= 4 is 45.7 Å². The Morgan fingerprint density at radius 2 is 1.61 bits per heavy atom. The SMILES string of the molecule is Cc1ccccc1C(=O)Nc1ccc(SC(C)C(=O)Nc2nc(-c3ccccc3)cs2)cc1. The quantitative estimate of drug-likeness (QED) is 0.301. The highest BCUT2D eigenvalue weighted by Crippen LogP contribution is 2.28. The van der Waals surface area contributed by atoms with Crippen LogP contribution in [-0.2, 0) is 4.79 Å². The van der Waals surface area contributed by atoms with Crippen LogP contribution in [0.1, 0.15) is 22.8 Å². The maximum Gasteiger partial charge on any atom is 0.255 e. The first-order valence-electron chi connectivity index (χ1n) is 10.4. The minimum Gasteiger partial charge on any atom is -0.322 e. The van der Waals surface area contributed by atoms with Crippen LogP contribution in [0.5, 0.6) is 0 Å². The van der Waals surface area contributed by atoms with Gasteiger partial charge in [-0.25, -0.2) is 4.98 Å². The zero-order valence-electron chi connectivity index (χ0n) is 18.2. The normalized spacial score (nSPS) is 11.6. The third kappa shape index (κ3) is 5.88. The van der Waals surface area contributed by atoms with Gasteiger partial charge in [0.15, 0.2) is 5.13 Å². The van der Waals surface area contributed by atoms with Crippen LogP contribution in [0.2, 0.25) is 0 Å². The van der Waals surface area contributed by atoms with E-state index in [1.807, 2.05) is 92.0 Å². The molecule has 4 rings (SSSR count). The molecule has 166 valence electrons. The van der Waals surface area contributed by atoms with E-state index in [1.165, 1.54) is 23.1 Å². The van der Waals surface area contributed by atoms with Crippen LogP contribution < -0.4 is 10.6 Å². The molecular weight excluding hydrogens is 450 g/mol. The van der Waals surface area contributed by atoms with E-state index in [4.69, 9.17) is 0 Å². The van der Waals surface area contributed by atoms with Crippen LogP contribution in [0.4, 0.5) is 10.8 Å². The molecule has 3 aromatic carbocycles. The fourth-order valence-corrected chi connectivity index (χ4v) is 4.77. The number of nitrogens with one attached hydrogen (secondary N) is 2. The van der Waals surface area contributed by atoms with Crippen molar-refractivity contribution in [2.24, 2.45) is 0 Å². The van der Waals surface area contributed by atoms with Crippen molar-refractivity contribution in [3.63, 3.8) is 0 Å². The zero-order valence-corrected chi connectivity index (χ0v) is 19.9. The number of nitrogens with zero attached hydrogens (tertiary/aromatic N) is 1. The first-order chi connectivity index (χ1) is 16.0. The lowest BCUT2D eigenvalue weighted by atomic mass is 10.1. The highest BCUT2D eigenvalue weighted by Gasteiger charge is 2.17. The standard InChI is InChI=1S/C26H23N3O2S2/c1-17-8-6-7-11-22(17)25(31)27-20-12-14-21(15-13-20)33-18(2)24(30)29-26-28-23(16-32-26)19-9-4-3-5-10-19/h3-16,18H,1-2H3,(H,27,31)(H,28,29,30). The molecule has 1 unspecified atom stereocenters. The molecule has 2 amide bonds. The van der Waals surface area contributed by atoms with Crippen molar-refractivity contribution < 1.29 is 9.59 Å². The van der Waals surface area contributed by atoms with Crippen LogP contribution in [0.3, 0.4) is 0 Å². The van der Waals surface area contributed by atoms with E-state index >= 15 is 0 Å². The Labute approximate surface area is 201 Å². The number of carbonyl (C=O) groups is 2. The highest BCUT2D eigenvalue weighted by molar-refractivity contribution is 8.00. The van der Waals surface area contributed by atoms with Gasteiger partial charge in [0.05, 0.1) is 10.9 Å². The van der Waals surface area contributed by atoms with Gasteiger partial charge in [-0.3, -0.25) is 9.59 Å². The number of aromatic nitrogens is 1. The Kier molecular flexibility index (Phi) is 7.22. The zero-order chi connectivity index (χ0) is 23.2. The highest BCUT2D eigenvalue weighted by atomic mass is 32.2. The molecule has 0 fully saturated rings. The van der Waals surface area contributed by atoms with Gasteiger partial charge in [0.2, 0.25) is 5.91 Å². The van der Waals surface area contributed by atoms with Gasteiger partial charge in [0.25, 0.3) is 5.91 Å². The minimum absolute atomic E-state index is 0.106. The Morgan fingerprint density at radius 1 is 0.909 bits per heavy atom. The number of carbonyl (C=O) groups excluding carboxylic acids is 2. The van der Waals surface area contributed by atoms with Crippen LogP contribution in [0, 0.1) is 6.92 Å². The summed E-state index contributed by atoms with van der Waals surface area (Å²) in [4.78, 5) is 30.6. The minimum atomic E-state index is -0.304. The van der Waals surface area contributed by atoms with Crippen molar-refractivity contribution in [2.75, 3.05) is 10.6 Å². The number of thiazole rings is 1. The van der Waals surface area contributed by atoms with Gasteiger partial charge in [-0.05, 0) is 49.7 Å². The second-order valence-corrected chi connectivity index (χ2v) is 9.72. The van der Waals surface area contributed by atoms with Crippen molar-refractivity contribution in [2.45, 2.75) is 24.0 Å². The van der Waals surface area contributed by atoms with Crippen molar-refractivity contribution in [1.29, 1.82) is 0 Å². The number of benzene rings is 3. The van der Waals surface area contributed by atoms with E-state index in [1.54, 1.807) is 6.07 Å². The third-order valence-electron chi connectivity index (χ3n) is 4.99. The molecule has 0 saturated carbocycles. The van der Waals surface area contributed by atoms with E-state index < -0.39 is 0 Å². The largest absolute Gasteiger partial charge is 0.322 e. The van der Waals surface area contributed by atoms with Gasteiger partial charge in [-0.15, -0.1) is 23.1 Å². The first kappa shape index (κ1) is 22.8. The van der Waals surface area contributed by atoms with Gasteiger partial charge >= 0.3 is 0 Å². The Morgan fingerprint density at radius 3 is 2.33 bits per heavy atom. The van der Waals surface area contributed by atoms with Crippen LogP contribution in [-0.4, -0.2) is 22.0 Å². The molecule has 4 aromatic rings. The second kappa shape index (κ2) is 10.5. The molecule has 0 spiro atoms. The summed E-state index contributed by atoms with van der Waals surface area (Å²) in [7, 11) is 0. The molecular formula is C26H23N3O2S2. The first-order valence-corrected chi connectivity index (χ1v) is 12.2. The lowest BCUT2D eigenvalue weighted by Gasteiger charge is -2.12. The van der Waals surface area contributed by atoms with E-state index in [2.05, 4.69) is 15.6 Å². The monoisotopic (exact) mass is 473 g/mol. The fourth-order valence-electron chi connectivity index (χ4n) is 3.18. The number of hydrogen-bond acceptors (Lipinski definition) is 5. The summed E-state index contributed by atoms with van der Waals surface area (Å²) in [5.74, 6) is -0.245. The Bertz CT molecular complexity index is 1250. The number of amides is 2. The number of hydrogen-bond donors (Lipinski definition) is 2. The predicted molar refractivity (Wildman–Crippen MR) is 137 cm³/mol. The summed E-state index contributed by atoms with van der Waals surface area (Å²) in [6.45, 7) is 3.77. The second-order valence-electron chi connectivity index (χ2n) is 7.45. The molecule has 2 N–H and O–H groups in total. The van der Waals surface area contributed by atoms with Crippen molar-refractivity contribution in [3.05, 3.63) is 95.4 Å². The lowest BCUT2D eigenvalue weighted by Crippen LogP contribution is -2.22. The van der Waals surface area contributed by atoms with E-state index in [9.17, 15) is 9.59 Å². The summed E-state index contributed by atoms with van der Waals surface area (Å²) in [5.41, 5.74) is 4.16. The maximum atomic E-state index is 12.6. The average molecular weight is 474 g/mol. The Balaban J connectivity index is 1.32. The number of rotatable bonds is 7. The smallest absolute Gasteiger partial charge is 0.255 e. The van der Waals surface area contributed by atoms with Crippen molar-refractivity contribution in [1.82, 2.24) is 4.98 Å². The molecule has 1 heterocycles. The summed E-state index contributed by atoms with van der Waals surface area (Å²) < 4.78 is 0. The molecule has 0 saturated heterocycles. The molecule has 0 bridgehead atoms. The topological polar surface area (TPSA) is 71.1 Å². The predicted octanol–water partition coefficient (Wildman–Crippen LogP) is 6.49. The van der Waals surface area contributed by atoms with Crippen LogP contribution >= 0.6 is 23.1 Å². The molecule has 7 heteroatoms. The molecule has 0 radical (unpaired) electrons. The summed E-state index contributed by atoms with van der Waals surface area (Å²) in [5, 5.41) is 8.04. The van der Waals surface area contributed by atoms with Gasteiger partial charge in [0.1, 0.15) is 0 Å². The van der Waals surface area contributed by atoms with Gasteiger partial charge < -0.3 is 10.6 Å². The molecule has 1 aromatic heterocycles. The number of thioether (sulfide) groups is 1.